The van der Waals surface area contributed by atoms with E-state index in [4.69, 9.17) is 11.6 Å². The van der Waals surface area contributed by atoms with E-state index in [-0.39, 0.29) is 22.4 Å². The highest BCUT2D eigenvalue weighted by Crippen LogP contribution is 2.25. The van der Waals surface area contributed by atoms with E-state index in [1.165, 1.54) is 38.2 Å². The molecule has 0 saturated heterocycles. The van der Waals surface area contributed by atoms with Gasteiger partial charge >= 0.3 is 0 Å². The van der Waals surface area contributed by atoms with Crippen LogP contribution in [0.15, 0.2) is 51.8 Å². The molecule has 2 aromatic carbocycles. The maximum atomic E-state index is 12.5. The summed E-state index contributed by atoms with van der Waals surface area (Å²) in [4.78, 5) is 23.3. The van der Waals surface area contributed by atoms with Crippen LogP contribution in [0.25, 0.3) is 0 Å². The quantitative estimate of drug-likeness (QED) is 0.671. The Kier molecular flexibility index (Phi) is 6.99. The number of nitrogens with zero attached hydrogens (tertiary/aromatic N) is 1. The molecule has 2 N–H and O–H groups in total. The number of benzene rings is 2. The van der Waals surface area contributed by atoms with Crippen molar-refractivity contribution in [3.8, 4) is 0 Å². The third-order valence-corrected chi connectivity index (χ3v) is 6.11. The zero-order valence-electron chi connectivity index (χ0n) is 14.5. The van der Waals surface area contributed by atoms with Crippen molar-refractivity contribution in [2.45, 2.75) is 11.8 Å². The number of carbonyl (C=O) groups is 2. The summed E-state index contributed by atoms with van der Waals surface area (Å²) in [6, 6.07) is 10.7. The minimum Gasteiger partial charge on any atom is -0.326 e. The smallest absolute Gasteiger partial charge is 0.243 e. The normalized spacial score (nSPS) is 11.3. The molecule has 0 aliphatic carbocycles. The van der Waals surface area contributed by atoms with Crippen LogP contribution in [-0.2, 0) is 19.6 Å². The fourth-order valence-electron chi connectivity index (χ4n) is 2.16. The molecular weight excluding hydrogens is 458 g/mol. The molecule has 0 radical (unpaired) electrons. The van der Waals surface area contributed by atoms with Gasteiger partial charge < -0.3 is 10.6 Å². The summed E-state index contributed by atoms with van der Waals surface area (Å²) in [6.45, 7) is 0.980. The first-order valence-electron chi connectivity index (χ1n) is 7.68. The molecule has 0 heterocycles. The SMILES string of the molecule is CC(=O)Nc1ccc(NC(=O)CN(C)S(=O)(=O)c2ccc(Br)cc2)c(Cl)c1. The van der Waals surface area contributed by atoms with E-state index < -0.39 is 15.9 Å². The van der Waals surface area contributed by atoms with E-state index in [9.17, 15) is 18.0 Å². The molecule has 0 aliphatic heterocycles. The molecule has 0 spiro atoms. The van der Waals surface area contributed by atoms with E-state index in [2.05, 4.69) is 26.6 Å². The Morgan fingerprint density at radius 3 is 2.30 bits per heavy atom. The van der Waals surface area contributed by atoms with Crippen LogP contribution >= 0.6 is 27.5 Å². The van der Waals surface area contributed by atoms with E-state index in [1.807, 2.05) is 0 Å². The second-order valence-electron chi connectivity index (χ2n) is 5.64. The number of amides is 2. The van der Waals surface area contributed by atoms with Crippen LogP contribution in [0.2, 0.25) is 5.02 Å². The number of anilines is 2. The molecule has 0 saturated carbocycles. The van der Waals surface area contributed by atoms with Crippen molar-refractivity contribution in [1.82, 2.24) is 4.31 Å². The standard InChI is InChI=1S/C17H17BrClN3O4S/c1-11(23)20-13-5-8-16(15(19)9-13)21-17(24)10-22(2)27(25,26)14-6-3-12(18)4-7-14/h3-9H,10H2,1-2H3,(H,20,23)(H,21,24). The summed E-state index contributed by atoms with van der Waals surface area (Å²) in [5, 5.41) is 5.35. The Bertz CT molecular complexity index is 965. The Morgan fingerprint density at radius 2 is 1.74 bits per heavy atom. The number of hydrogen-bond acceptors (Lipinski definition) is 4. The third kappa shape index (κ3) is 5.77. The number of nitrogens with one attached hydrogen (secondary N) is 2. The van der Waals surface area contributed by atoms with Gasteiger partial charge in [-0.1, -0.05) is 27.5 Å². The molecular formula is C17H17BrClN3O4S. The number of carbonyl (C=O) groups excluding carboxylic acids is 2. The molecule has 7 nitrogen and oxygen atoms in total. The Labute approximate surface area is 170 Å². The lowest BCUT2D eigenvalue weighted by Crippen LogP contribution is -2.35. The van der Waals surface area contributed by atoms with Crippen molar-refractivity contribution >= 4 is 60.7 Å². The lowest BCUT2D eigenvalue weighted by molar-refractivity contribution is -0.116. The van der Waals surface area contributed by atoms with Gasteiger partial charge in [-0.3, -0.25) is 9.59 Å². The Morgan fingerprint density at radius 1 is 1.11 bits per heavy atom. The van der Waals surface area contributed by atoms with Gasteiger partial charge in [-0.2, -0.15) is 4.31 Å². The highest BCUT2D eigenvalue weighted by Gasteiger charge is 2.23. The summed E-state index contributed by atoms with van der Waals surface area (Å²) < 4.78 is 26.7. The predicted molar refractivity (Wildman–Crippen MR) is 108 cm³/mol. The summed E-state index contributed by atoms with van der Waals surface area (Å²) in [5.41, 5.74) is 0.797. The molecule has 0 aliphatic rings. The number of hydrogen-bond donors (Lipinski definition) is 2. The zero-order chi connectivity index (χ0) is 20.2. The van der Waals surface area contributed by atoms with Crippen LogP contribution in [0, 0.1) is 0 Å². The second kappa shape index (κ2) is 8.83. The van der Waals surface area contributed by atoms with Crippen molar-refractivity contribution in [3.63, 3.8) is 0 Å². The van der Waals surface area contributed by atoms with Crippen molar-refractivity contribution < 1.29 is 18.0 Å². The molecule has 2 amide bonds. The van der Waals surface area contributed by atoms with Gasteiger partial charge in [0.05, 0.1) is 22.2 Å². The van der Waals surface area contributed by atoms with Gasteiger partial charge in [0.25, 0.3) is 0 Å². The van der Waals surface area contributed by atoms with Crippen LogP contribution in [0.5, 0.6) is 0 Å². The summed E-state index contributed by atoms with van der Waals surface area (Å²) in [7, 11) is -2.48. The average molecular weight is 475 g/mol. The fraction of sp³-hybridized carbons (Fsp3) is 0.176. The van der Waals surface area contributed by atoms with Crippen LogP contribution in [0.1, 0.15) is 6.92 Å². The first-order chi connectivity index (χ1) is 12.6. The molecule has 0 unspecified atom stereocenters. The van der Waals surface area contributed by atoms with Crippen LogP contribution < -0.4 is 10.6 Å². The van der Waals surface area contributed by atoms with Crippen molar-refractivity contribution in [1.29, 1.82) is 0 Å². The molecule has 0 bridgehead atoms. The van der Waals surface area contributed by atoms with Gasteiger partial charge in [0.2, 0.25) is 21.8 Å². The number of rotatable bonds is 6. The highest BCUT2D eigenvalue weighted by molar-refractivity contribution is 9.10. The molecule has 0 atom stereocenters. The first-order valence-corrected chi connectivity index (χ1v) is 10.3. The van der Waals surface area contributed by atoms with Gasteiger partial charge in [-0.15, -0.1) is 0 Å². The number of halogens is 2. The summed E-state index contributed by atoms with van der Waals surface area (Å²) in [6.07, 6.45) is 0. The highest BCUT2D eigenvalue weighted by atomic mass is 79.9. The maximum absolute atomic E-state index is 12.5. The second-order valence-corrected chi connectivity index (χ2v) is 9.01. The fourth-order valence-corrected chi connectivity index (χ4v) is 3.78. The van der Waals surface area contributed by atoms with Gasteiger partial charge in [-0.25, -0.2) is 8.42 Å². The van der Waals surface area contributed by atoms with Crippen molar-refractivity contribution in [3.05, 3.63) is 52.0 Å². The van der Waals surface area contributed by atoms with E-state index in [0.717, 1.165) is 8.78 Å². The molecule has 2 aromatic rings. The van der Waals surface area contributed by atoms with Gasteiger partial charge in [0.15, 0.2) is 0 Å². The largest absolute Gasteiger partial charge is 0.326 e. The van der Waals surface area contributed by atoms with Crippen LogP contribution in [0.4, 0.5) is 11.4 Å². The van der Waals surface area contributed by atoms with E-state index in [1.54, 1.807) is 18.2 Å². The maximum Gasteiger partial charge on any atom is 0.243 e. The van der Waals surface area contributed by atoms with Crippen molar-refractivity contribution in [2.24, 2.45) is 0 Å². The lowest BCUT2D eigenvalue weighted by Gasteiger charge is -2.17. The number of likely N-dealkylation sites (N-methyl/N-ethyl adjacent to an activating group) is 1. The monoisotopic (exact) mass is 473 g/mol. The summed E-state index contributed by atoms with van der Waals surface area (Å²) in [5.74, 6) is -0.796. The minimum absolute atomic E-state index is 0.0821. The molecule has 2 rings (SSSR count). The van der Waals surface area contributed by atoms with E-state index >= 15 is 0 Å². The Hall–Kier alpha value is -1.94. The predicted octanol–water partition coefficient (Wildman–Crippen LogP) is 3.32. The zero-order valence-corrected chi connectivity index (χ0v) is 17.7. The van der Waals surface area contributed by atoms with Gasteiger partial charge in [-0.05, 0) is 42.5 Å². The molecule has 27 heavy (non-hydrogen) atoms. The minimum atomic E-state index is -3.80. The van der Waals surface area contributed by atoms with Gasteiger partial charge in [0, 0.05) is 24.1 Å². The lowest BCUT2D eigenvalue weighted by atomic mass is 10.2. The average Bonchev–Trinajstić information content (AvgIpc) is 2.57. The topological polar surface area (TPSA) is 95.6 Å². The third-order valence-electron chi connectivity index (χ3n) is 3.45. The van der Waals surface area contributed by atoms with Crippen molar-refractivity contribution in [2.75, 3.05) is 24.2 Å². The van der Waals surface area contributed by atoms with Crippen LogP contribution in [0.3, 0.4) is 0 Å². The number of sulfonamides is 1. The molecule has 10 heteroatoms. The first kappa shape index (κ1) is 21.4. The molecule has 144 valence electrons. The van der Waals surface area contributed by atoms with E-state index in [0.29, 0.717) is 11.4 Å². The van der Waals surface area contributed by atoms with Crippen LogP contribution in [-0.4, -0.2) is 38.1 Å². The summed E-state index contributed by atoms with van der Waals surface area (Å²) >= 11 is 9.34. The Balaban J connectivity index is 2.06. The van der Waals surface area contributed by atoms with Gasteiger partial charge in [0.1, 0.15) is 0 Å². The molecule has 0 fully saturated rings. The molecule has 0 aromatic heterocycles.